The molecule has 3 nitrogen and oxygen atoms in total. The zero-order chi connectivity index (χ0) is 13.1. The molecule has 0 atom stereocenters. The molecule has 1 heterocycles. The van der Waals surface area contributed by atoms with Gasteiger partial charge in [-0.15, -0.1) is 11.3 Å². The number of nitrogens with zero attached hydrogens (tertiary/aromatic N) is 2. The summed E-state index contributed by atoms with van der Waals surface area (Å²) in [4.78, 5) is 18.8. The summed E-state index contributed by atoms with van der Waals surface area (Å²) in [5.41, 5.74) is 3.59. The zero-order valence-electron chi connectivity index (χ0n) is 10.2. The number of carbonyl (C=O) groups excluding carboxylic acids is 1. The number of benzene rings is 1. The van der Waals surface area contributed by atoms with Gasteiger partial charge < -0.3 is 4.90 Å². The first-order valence-electron chi connectivity index (χ1n) is 5.48. The Bertz CT molecular complexity index is 568. The number of halogens is 1. The number of thiazole rings is 1. The maximum Gasteiger partial charge on any atom is 0.265 e. The van der Waals surface area contributed by atoms with Crippen LogP contribution < -0.4 is 0 Å². The molecule has 2 aromatic rings. The summed E-state index contributed by atoms with van der Waals surface area (Å²) in [6.45, 7) is 2.44. The first-order valence-corrected chi connectivity index (χ1v) is 7.16. The lowest BCUT2D eigenvalue weighted by molar-refractivity contribution is 0.0788. The van der Waals surface area contributed by atoms with Crippen LogP contribution in [0, 0.1) is 6.92 Å². The molecule has 0 N–H and O–H groups in total. The van der Waals surface area contributed by atoms with Crippen molar-refractivity contribution in [1.82, 2.24) is 9.88 Å². The number of aryl methyl sites for hydroxylation is 1. The van der Waals surface area contributed by atoms with E-state index >= 15 is 0 Å². The van der Waals surface area contributed by atoms with Crippen LogP contribution in [-0.2, 0) is 6.54 Å². The van der Waals surface area contributed by atoms with Crippen LogP contribution in [0.25, 0.3) is 0 Å². The van der Waals surface area contributed by atoms with Gasteiger partial charge in [-0.3, -0.25) is 4.79 Å². The molecule has 1 aromatic heterocycles. The van der Waals surface area contributed by atoms with Gasteiger partial charge in [-0.05, 0) is 18.6 Å². The minimum absolute atomic E-state index is 0.0192. The first kappa shape index (κ1) is 13.2. The van der Waals surface area contributed by atoms with Gasteiger partial charge >= 0.3 is 0 Å². The number of hydrogen-bond donors (Lipinski definition) is 0. The van der Waals surface area contributed by atoms with Gasteiger partial charge in [-0.2, -0.15) is 0 Å². The van der Waals surface area contributed by atoms with E-state index in [1.165, 1.54) is 11.3 Å². The van der Waals surface area contributed by atoms with Crippen molar-refractivity contribution in [1.29, 1.82) is 0 Å². The third-order valence-corrected chi connectivity index (χ3v) is 4.34. The van der Waals surface area contributed by atoms with Crippen LogP contribution in [0.2, 0.25) is 0 Å². The van der Waals surface area contributed by atoms with E-state index in [2.05, 4.69) is 20.9 Å². The van der Waals surface area contributed by atoms with Crippen molar-refractivity contribution in [3.05, 3.63) is 50.4 Å². The molecule has 5 heteroatoms. The summed E-state index contributed by atoms with van der Waals surface area (Å²) in [7, 11) is 1.81. The molecule has 18 heavy (non-hydrogen) atoms. The monoisotopic (exact) mass is 324 g/mol. The van der Waals surface area contributed by atoms with E-state index in [1.807, 2.05) is 31.2 Å². The van der Waals surface area contributed by atoms with E-state index in [9.17, 15) is 4.79 Å². The van der Waals surface area contributed by atoms with Crippen molar-refractivity contribution >= 4 is 33.2 Å². The molecule has 0 aliphatic rings. The summed E-state index contributed by atoms with van der Waals surface area (Å²) in [6, 6.07) is 7.91. The third-order valence-electron chi connectivity index (χ3n) is 2.65. The quantitative estimate of drug-likeness (QED) is 0.865. The van der Waals surface area contributed by atoms with Crippen molar-refractivity contribution in [2.24, 2.45) is 0 Å². The molecule has 0 saturated carbocycles. The molecule has 0 saturated heterocycles. The number of hydrogen-bond acceptors (Lipinski definition) is 3. The minimum atomic E-state index is 0.0192. The topological polar surface area (TPSA) is 33.2 Å². The second-order valence-electron chi connectivity index (χ2n) is 4.02. The van der Waals surface area contributed by atoms with Crippen LogP contribution >= 0.6 is 27.3 Å². The summed E-state index contributed by atoms with van der Waals surface area (Å²) in [5.74, 6) is 0.0192. The van der Waals surface area contributed by atoms with Gasteiger partial charge in [0.1, 0.15) is 4.88 Å². The van der Waals surface area contributed by atoms with E-state index < -0.39 is 0 Å². The van der Waals surface area contributed by atoms with E-state index in [1.54, 1.807) is 17.5 Å². The molecule has 1 aromatic carbocycles. The normalized spacial score (nSPS) is 10.4. The molecule has 0 aliphatic carbocycles. The SMILES string of the molecule is Cc1ncsc1C(=O)N(C)Cc1ccccc1Br. The van der Waals surface area contributed by atoms with Crippen LogP contribution in [0.5, 0.6) is 0 Å². The third kappa shape index (κ3) is 2.79. The van der Waals surface area contributed by atoms with Gasteiger partial charge in [0.2, 0.25) is 0 Å². The molecule has 0 bridgehead atoms. The van der Waals surface area contributed by atoms with Crippen LogP contribution in [0.1, 0.15) is 20.9 Å². The smallest absolute Gasteiger partial charge is 0.265 e. The highest BCUT2D eigenvalue weighted by Gasteiger charge is 2.17. The summed E-state index contributed by atoms with van der Waals surface area (Å²) >= 11 is 4.88. The predicted molar refractivity (Wildman–Crippen MR) is 76.8 cm³/mol. The van der Waals surface area contributed by atoms with Crippen LogP contribution in [-0.4, -0.2) is 22.8 Å². The molecule has 0 fully saturated rings. The largest absolute Gasteiger partial charge is 0.337 e. The highest BCUT2D eigenvalue weighted by Crippen LogP contribution is 2.20. The highest BCUT2D eigenvalue weighted by molar-refractivity contribution is 9.10. The summed E-state index contributed by atoms with van der Waals surface area (Å²) in [5, 5.41) is 0. The highest BCUT2D eigenvalue weighted by atomic mass is 79.9. The number of carbonyl (C=O) groups is 1. The maximum atomic E-state index is 12.2. The lowest BCUT2D eigenvalue weighted by Crippen LogP contribution is -2.26. The van der Waals surface area contributed by atoms with E-state index in [0.717, 1.165) is 15.7 Å². The molecule has 2 rings (SSSR count). The molecule has 0 spiro atoms. The Balaban J connectivity index is 2.14. The lowest BCUT2D eigenvalue weighted by Gasteiger charge is -2.17. The molecule has 94 valence electrons. The van der Waals surface area contributed by atoms with E-state index in [4.69, 9.17) is 0 Å². The number of amides is 1. The van der Waals surface area contributed by atoms with E-state index in [-0.39, 0.29) is 5.91 Å². The Kier molecular flexibility index (Phi) is 4.14. The van der Waals surface area contributed by atoms with Crippen LogP contribution in [0.3, 0.4) is 0 Å². The number of aromatic nitrogens is 1. The molecule has 1 amide bonds. The van der Waals surface area contributed by atoms with Crippen molar-refractivity contribution in [2.75, 3.05) is 7.05 Å². The predicted octanol–water partition coefficient (Wildman–Crippen LogP) is 3.49. The summed E-state index contributed by atoms with van der Waals surface area (Å²) < 4.78 is 1.02. The zero-order valence-corrected chi connectivity index (χ0v) is 12.6. The van der Waals surface area contributed by atoms with Crippen molar-refractivity contribution in [3.63, 3.8) is 0 Å². The number of rotatable bonds is 3. The fourth-order valence-corrected chi connectivity index (χ4v) is 2.84. The second kappa shape index (κ2) is 5.63. The average Bonchev–Trinajstić information content (AvgIpc) is 2.77. The molecule has 0 radical (unpaired) electrons. The fraction of sp³-hybridized carbons (Fsp3) is 0.231. The Hall–Kier alpha value is -1.20. The fourth-order valence-electron chi connectivity index (χ4n) is 1.63. The first-order chi connectivity index (χ1) is 8.59. The van der Waals surface area contributed by atoms with Gasteiger partial charge in [0, 0.05) is 18.1 Å². The maximum absolute atomic E-state index is 12.2. The van der Waals surface area contributed by atoms with Gasteiger partial charge in [-0.1, -0.05) is 34.1 Å². The summed E-state index contributed by atoms with van der Waals surface area (Å²) in [6.07, 6.45) is 0. The van der Waals surface area contributed by atoms with Gasteiger partial charge in [-0.25, -0.2) is 4.98 Å². The van der Waals surface area contributed by atoms with Gasteiger partial charge in [0.15, 0.2) is 0 Å². The minimum Gasteiger partial charge on any atom is -0.337 e. The van der Waals surface area contributed by atoms with Crippen molar-refractivity contribution < 1.29 is 4.79 Å². The van der Waals surface area contributed by atoms with Crippen molar-refractivity contribution in [2.45, 2.75) is 13.5 Å². The van der Waals surface area contributed by atoms with Gasteiger partial charge in [0.05, 0.1) is 11.2 Å². The van der Waals surface area contributed by atoms with Gasteiger partial charge in [0.25, 0.3) is 5.91 Å². The molecular formula is C13H13BrN2OS. The van der Waals surface area contributed by atoms with Crippen LogP contribution in [0.4, 0.5) is 0 Å². The van der Waals surface area contributed by atoms with Crippen LogP contribution in [0.15, 0.2) is 34.2 Å². The lowest BCUT2D eigenvalue weighted by atomic mass is 10.2. The average molecular weight is 325 g/mol. The van der Waals surface area contributed by atoms with Crippen molar-refractivity contribution in [3.8, 4) is 0 Å². The molecular weight excluding hydrogens is 312 g/mol. The Morgan fingerprint density at radius 3 is 2.78 bits per heavy atom. The Labute approximate surface area is 119 Å². The molecule has 0 unspecified atom stereocenters. The molecule has 0 aliphatic heterocycles. The standard InChI is InChI=1S/C13H13BrN2OS/c1-9-12(18-8-15-9)13(17)16(2)7-10-5-3-4-6-11(10)14/h3-6,8H,7H2,1-2H3. The Morgan fingerprint density at radius 2 is 2.17 bits per heavy atom. The van der Waals surface area contributed by atoms with E-state index in [0.29, 0.717) is 11.4 Å². The second-order valence-corrected chi connectivity index (χ2v) is 5.73. The Morgan fingerprint density at radius 1 is 1.44 bits per heavy atom.